The summed E-state index contributed by atoms with van der Waals surface area (Å²) in [6, 6.07) is 8.17. The fourth-order valence-corrected chi connectivity index (χ4v) is 5.75. The minimum Gasteiger partial charge on any atom is -0.497 e. The first-order valence-electron chi connectivity index (χ1n) is 10.2. The van der Waals surface area contributed by atoms with E-state index in [1.54, 1.807) is 32.5 Å². The van der Waals surface area contributed by atoms with E-state index in [1.165, 1.54) is 4.88 Å². The fourth-order valence-electron chi connectivity index (χ4n) is 4.80. The van der Waals surface area contributed by atoms with Crippen molar-refractivity contribution in [3.63, 3.8) is 0 Å². The topological polar surface area (TPSA) is 63.7 Å². The number of nitrogens with zero attached hydrogens (tertiary/aromatic N) is 2. The largest absolute Gasteiger partial charge is 0.497 e. The summed E-state index contributed by atoms with van der Waals surface area (Å²) in [5.41, 5.74) is 1.09. The summed E-state index contributed by atoms with van der Waals surface area (Å²) >= 11 is 1.75. The van der Waals surface area contributed by atoms with Crippen molar-refractivity contribution in [2.45, 2.75) is 38.5 Å². The number of methoxy groups -OCH3 is 2. The van der Waals surface area contributed by atoms with Crippen LogP contribution in [-0.2, 0) is 16.1 Å². The highest BCUT2D eigenvalue weighted by molar-refractivity contribution is 7.15. The first kappa shape index (κ1) is 20.3. The number of hydrogen-bond acceptors (Lipinski definition) is 6. The molecule has 1 aromatic carbocycles. The first-order valence-corrected chi connectivity index (χ1v) is 11.0. The van der Waals surface area contributed by atoms with Crippen molar-refractivity contribution < 1.29 is 14.3 Å². The lowest BCUT2D eigenvalue weighted by atomic mass is 9.77. The number of nitrogens with one attached hydrogen (secondary N) is 1. The van der Waals surface area contributed by atoms with E-state index in [4.69, 9.17) is 9.47 Å². The Bertz CT molecular complexity index is 855. The van der Waals surface area contributed by atoms with E-state index in [0.29, 0.717) is 11.8 Å². The van der Waals surface area contributed by atoms with Crippen molar-refractivity contribution in [2.75, 3.05) is 27.3 Å². The van der Waals surface area contributed by atoms with E-state index in [2.05, 4.69) is 21.3 Å². The van der Waals surface area contributed by atoms with Gasteiger partial charge >= 0.3 is 0 Å². The Morgan fingerprint density at radius 2 is 2.07 bits per heavy atom. The average Bonchev–Trinajstić information content (AvgIpc) is 3.33. The van der Waals surface area contributed by atoms with Gasteiger partial charge in [0.05, 0.1) is 19.3 Å². The molecule has 2 aliphatic rings. The molecule has 4 atom stereocenters. The number of carbonyl (C=O) groups is 1. The first-order chi connectivity index (χ1) is 14.1. The molecule has 7 heteroatoms. The number of amides is 1. The van der Waals surface area contributed by atoms with Crippen molar-refractivity contribution in [2.24, 2.45) is 11.8 Å². The van der Waals surface area contributed by atoms with Crippen LogP contribution in [0.2, 0.25) is 0 Å². The van der Waals surface area contributed by atoms with Crippen molar-refractivity contribution >= 4 is 17.2 Å². The SMILES string of the molecule is COc1cccc(-c2ncc(CN3C[C@H]4C[C@@H](NC(C)=O)[C@H](OC)C[C@H]4C3)s2)c1. The highest BCUT2D eigenvalue weighted by Crippen LogP contribution is 2.38. The summed E-state index contributed by atoms with van der Waals surface area (Å²) in [5.74, 6) is 2.13. The summed E-state index contributed by atoms with van der Waals surface area (Å²) in [7, 11) is 3.44. The van der Waals surface area contributed by atoms with Gasteiger partial charge in [-0.05, 0) is 36.8 Å². The molecule has 0 spiro atoms. The monoisotopic (exact) mass is 415 g/mol. The molecule has 1 N–H and O–H groups in total. The van der Waals surface area contributed by atoms with Crippen molar-refractivity contribution in [1.29, 1.82) is 0 Å². The number of carbonyl (C=O) groups excluding carboxylic acids is 1. The molecule has 156 valence electrons. The highest BCUT2D eigenvalue weighted by Gasteiger charge is 2.42. The number of benzene rings is 1. The van der Waals surface area contributed by atoms with E-state index >= 15 is 0 Å². The summed E-state index contributed by atoms with van der Waals surface area (Å²) in [6.07, 6.45) is 4.12. The second-order valence-electron chi connectivity index (χ2n) is 8.13. The Balaban J connectivity index is 1.39. The zero-order chi connectivity index (χ0) is 20.4. The van der Waals surface area contributed by atoms with Gasteiger partial charge < -0.3 is 14.8 Å². The Hall–Kier alpha value is -1.96. The van der Waals surface area contributed by atoms with E-state index in [9.17, 15) is 4.79 Å². The van der Waals surface area contributed by atoms with Gasteiger partial charge in [-0.2, -0.15) is 0 Å². The van der Waals surface area contributed by atoms with Crippen molar-refractivity contribution in [1.82, 2.24) is 15.2 Å². The van der Waals surface area contributed by atoms with Crippen LogP contribution >= 0.6 is 11.3 Å². The van der Waals surface area contributed by atoms with E-state index in [1.807, 2.05) is 24.4 Å². The van der Waals surface area contributed by atoms with Crippen LogP contribution in [0.25, 0.3) is 10.6 Å². The smallest absolute Gasteiger partial charge is 0.217 e. The summed E-state index contributed by atoms with van der Waals surface area (Å²) in [4.78, 5) is 20.0. The second kappa shape index (κ2) is 8.81. The predicted octanol–water partition coefficient (Wildman–Crippen LogP) is 3.18. The number of thiazole rings is 1. The summed E-state index contributed by atoms with van der Waals surface area (Å²) in [6.45, 7) is 4.67. The number of hydrogen-bond donors (Lipinski definition) is 1. The number of likely N-dealkylation sites (tertiary alicyclic amines) is 1. The molecule has 0 unspecified atom stereocenters. The quantitative estimate of drug-likeness (QED) is 0.785. The lowest BCUT2D eigenvalue weighted by Crippen LogP contribution is -2.49. The molecule has 29 heavy (non-hydrogen) atoms. The third kappa shape index (κ3) is 4.63. The van der Waals surface area contributed by atoms with Crippen LogP contribution in [0.3, 0.4) is 0 Å². The molecule has 2 aromatic rings. The van der Waals surface area contributed by atoms with Crippen LogP contribution in [0.4, 0.5) is 0 Å². The van der Waals surface area contributed by atoms with Gasteiger partial charge in [-0.15, -0.1) is 11.3 Å². The van der Waals surface area contributed by atoms with Crippen LogP contribution in [-0.4, -0.2) is 55.2 Å². The molecule has 4 rings (SSSR count). The van der Waals surface area contributed by atoms with Gasteiger partial charge in [0.15, 0.2) is 0 Å². The molecule has 1 aliphatic carbocycles. The molecule has 0 bridgehead atoms. The molecule has 2 fully saturated rings. The third-order valence-corrected chi connectivity index (χ3v) is 7.16. The van der Waals surface area contributed by atoms with Gasteiger partial charge in [0, 0.05) is 50.3 Å². The molecular weight excluding hydrogens is 386 g/mol. The zero-order valence-corrected chi connectivity index (χ0v) is 18.1. The van der Waals surface area contributed by atoms with E-state index in [0.717, 1.165) is 48.8 Å². The normalized spacial score (nSPS) is 26.9. The zero-order valence-electron chi connectivity index (χ0n) is 17.3. The average molecular weight is 416 g/mol. The maximum Gasteiger partial charge on any atom is 0.217 e. The number of aromatic nitrogens is 1. The van der Waals surface area contributed by atoms with Crippen LogP contribution in [0.15, 0.2) is 30.5 Å². The van der Waals surface area contributed by atoms with Gasteiger partial charge in [-0.1, -0.05) is 12.1 Å². The van der Waals surface area contributed by atoms with E-state index < -0.39 is 0 Å². The minimum atomic E-state index is 0.0279. The van der Waals surface area contributed by atoms with Crippen LogP contribution in [0.5, 0.6) is 5.75 Å². The predicted molar refractivity (Wildman–Crippen MR) is 114 cm³/mol. The molecule has 1 saturated heterocycles. The number of rotatable bonds is 6. The Kier molecular flexibility index (Phi) is 6.18. The fraction of sp³-hybridized carbons (Fsp3) is 0.545. The van der Waals surface area contributed by atoms with Gasteiger partial charge in [0.1, 0.15) is 10.8 Å². The molecule has 0 radical (unpaired) electrons. The maximum absolute atomic E-state index is 11.5. The Labute approximate surface area is 176 Å². The molecule has 1 aromatic heterocycles. The third-order valence-electron chi connectivity index (χ3n) is 6.13. The van der Waals surface area contributed by atoms with Gasteiger partial charge in [0.2, 0.25) is 5.91 Å². The van der Waals surface area contributed by atoms with Gasteiger partial charge in [0.25, 0.3) is 0 Å². The molecule has 6 nitrogen and oxygen atoms in total. The summed E-state index contributed by atoms with van der Waals surface area (Å²) in [5, 5.41) is 4.12. The lowest BCUT2D eigenvalue weighted by Gasteiger charge is -2.37. The minimum absolute atomic E-state index is 0.0279. The molecule has 1 saturated carbocycles. The number of ether oxygens (including phenoxy) is 2. The molecule has 1 aliphatic heterocycles. The van der Waals surface area contributed by atoms with Gasteiger partial charge in [-0.3, -0.25) is 9.69 Å². The standard InChI is InChI=1S/C22H29N3O3S/c1-14(26)24-20-8-16-11-25(12-17(16)9-21(20)28-3)13-19-10-23-22(29-19)15-5-4-6-18(7-15)27-2/h4-7,10,16-17,20-21H,8-9,11-13H2,1-3H3,(H,24,26)/t16-,17+,20-,21-/m1/s1. The van der Waals surface area contributed by atoms with Gasteiger partial charge in [-0.25, -0.2) is 4.98 Å². The van der Waals surface area contributed by atoms with E-state index in [-0.39, 0.29) is 18.1 Å². The molecule has 1 amide bonds. The lowest BCUT2D eigenvalue weighted by molar-refractivity contribution is -0.121. The van der Waals surface area contributed by atoms with Crippen molar-refractivity contribution in [3.8, 4) is 16.3 Å². The molecule has 2 heterocycles. The second-order valence-corrected chi connectivity index (χ2v) is 9.25. The van der Waals surface area contributed by atoms with Crippen molar-refractivity contribution in [3.05, 3.63) is 35.3 Å². The summed E-state index contributed by atoms with van der Waals surface area (Å²) < 4.78 is 11.0. The Morgan fingerprint density at radius 1 is 1.28 bits per heavy atom. The van der Waals surface area contributed by atoms with Crippen LogP contribution < -0.4 is 10.1 Å². The molecular formula is C22H29N3O3S. The Morgan fingerprint density at radius 3 is 2.79 bits per heavy atom. The maximum atomic E-state index is 11.5. The van der Waals surface area contributed by atoms with Crippen LogP contribution in [0, 0.1) is 11.8 Å². The number of fused-ring (bicyclic) bond motifs is 1. The van der Waals surface area contributed by atoms with Crippen LogP contribution in [0.1, 0.15) is 24.6 Å². The highest BCUT2D eigenvalue weighted by atomic mass is 32.1.